The van der Waals surface area contributed by atoms with Crippen LogP contribution in [0.4, 0.5) is 28.0 Å². The van der Waals surface area contributed by atoms with Gasteiger partial charge in [-0.3, -0.25) is 0 Å². The minimum atomic E-state index is -4.64. The van der Waals surface area contributed by atoms with Crippen molar-refractivity contribution in [3.63, 3.8) is 0 Å². The van der Waals surface area contributed by atoms with Crippen LogP contribution in [0.15, 0.2) is 35.0 Å². The molecule has 1 unspecified atom stereocenters. The number of carbonyl (C=O) groups excluding carboxylic acids is 1. The summed E-state index contributed by atoms with van der Waals surface area (Å²) in [4.78, 5) is 11.6. The van der Waals surface area contributed by atoms with E-state index in [1.807, 2.05) is 5.32 Å². The van der Waals surface area contributed by atoms with Gasteiger partial charge in [0.25, 0.3) is 0 Å². The highest BCUT2D eigenvalue weighted by atomic mass is 32.1. The maximum Gasteiger partial charge on any atom is 0.416 e. The van der Waals surface area contributed by atoms with Crippen molar-refractivity contribution in [1.29, 1.82) is 0 Å². The van der Waals surface area contributed by atoms with E-state index in [4.69, 9.17) is 0 Å². The predicted molar refractivity (Wildman–Crippen MR) is 77.7 cm³/mol. The summed E-state index contributed by atoms with van der Waals surface area (Å²) < 4.78 is 51.2. The van der Waals surface area contributed by atoms with E-state index in [2.05, 4.69) is 5.32 Å². The summed E-state index contributed by atoms with van der Waals surface area (Å²) in [5.41, 5.74) is -1.07. The molecule has 124 valence electrons. The number of benzene rings is 1. The standard InChI is InChI=1S/C14H12F4N2O2S/c15-10-2-1-9(14(16,17)18)5-11(10)20-13(22)19-6-12(21)8-3-4-23-7-8/h1-5,7,12,21H,6H2,(H2,19,20,22). The third-order valence-corrected chi connectivity index (χ3v) is 3.63. The van der Waals surface area contributed by atoms with Crippen molar-refractivity contribution in [3.8, 4) is 0 Å². The summed E-state index contributed by atoms with van der Waals surface area (Å²) in [7, 11) is 0. The first-order chi connectivity index (χ1) is 10.8. The van der Waals surface area contributed by atoms with Crippen LogP contribution in [0.3, 0.4) is 0 Å². The lowest BCUT2D eigenvalue weighted by Crippen LogP contribution is -2.32. The SMILES string of the molecule is O=C(NCC(O)c1ccsc1)Nc1cc(C(F)(F)F)ccc1F. The van der Waals surface area contributed by atoms with E-state index in [0.717, 1.165) is 0 Å². The van der Waals surface area contributed by atoms with Gasteiger partial charge in [-0.2, -0.15) is 24.5 Å². The van der Waals surface area contributed by atoms with Crippen LogP contribution >= 0.6 is 11.3 Å². The number of hydrogen-bond donors (Lipinski definition) is 3. The number of aliphatic hydroxyl groups excluding tert-OH is 1. The number of rotatable bonds is 4. The molecule has 0 aliphatic rings. The summed E-state index contributed by atoms with van der Waals surface area (Å²) in [6.45, 7) is -0.164. The maximum atomic E-state index is 13.5. The first-order valence-electron chi connectivity index (χ1n) is 6.39. The molecule has 1 atom stereocenters. The van der Waals surface area contributed by atoms with Crippen LogP contribution in [0, 0.1) is 5.82 Å². The summed E-state index contributed by atoms with van der Waals surface area (Å²) >= 11 is 1.37. The quantitative estimate of drug-likeness (QED) is 0.737. The number of nitrogens with one attached hydrogen (secondary N) is 2. The molecule has 2 aromatic rings. The van der Waals surface area contributed by atoms with E-state index in [9.17, 15) is 27.5 Å². The van der Waals surface area contributed by atoms with E-state index in [1.54, 1.807) is 16.8 Å². The minimum Gasteiger partial charge on any atom is -0.387 e. The Hall–Kier alpha value is -2.13. The summed E-state index contributed by atoms with van der Waals surface area (Å²) in [6, 6.07) is 2.46. The van der Waals surface area contributed by atoms with E-state index in [1.165, 1.54) is 11.3 Å². The highest BCUT2D eigenvalue weighted by Crippen LogP contribution is 2.31. The van der Waals surface area contributed by atoms with Crippen molar-refractivity contribution in [2.45, 2.75) is 12.3 Å². The number of alkyl halides is 3. The fourth-order valence-corrected chi connectivity index (χ4v) is 2.44. The van der Waals surface area contributed by atoms with Crippen LogP contribution in [0.2, 0.25) is 0 Å². The molecule has 23 heavy (non-hydrogen) atoms. The molecule has 0 saturated heterocycles. The molecular weight excluding hydrogens is 336 g/mol. The molecular formula is C14H12F4N2O2S. The molecule has 3 N–H and O–H groups in total. The average Bonchev–Trinajstić information content (AvgIpc) is 3.00. The van der Waals surface area contributed by atoms with Gasteiger partial charge in [-0.05, 0) is 40.6 Å². The number of hydrogen-bond acceptors (Lipinski definition) is 3. The normalized spacial score (nSPS) is 12.7. The summed E-state index contributed by atoms with van der Waals surface area (Å²) in [6.07, 6.45) is -5.60. The lowest BCUT2D eigenvalue weighted by molar-refractivity contribution is -0.137. The fraction of sp³-hybridized carbons (Fsp3) is 0.214. The van der Waals surface area contributed by atoms with Crippen LogP contribution in [0.5, 0.6) is 0 Å². The lowest BCUT2D eigenvalue weighted by Gasteiger charge is -2.13. The Morgan fingerprint density at radius 3 is 2.65 bits per heavy atom. The first-order valence-corrected chi connectivity index (χ1v) is 7.33. The molecule has 0 spiro atoms. The molecule has 1 heterocycles. The number of carbonyl (C=O) groups is 1. The third kappa shape index (κ3) is 4.67. The highest BCUT2D eigenvalue weighted by Gasteiger charge is 2.31. The van der Waals surface area contributed by atoms with Gasteiger partial charge in [0.1, 0.15) is 5.82 Å². The second-order valence-corrected chi connectivity index (χ2v) is 5.38. The van der Waals surface area contributed by atoms with Gasteiger partial charge in [-0.15, -0.1) is 0 Å². The third-order valence-electron chi connectivity index (χ3n) is 2.93. The molecule has 0 fully saturated rings. The number of halogens is 4. The van der Waals surface area contributed by atoms with Gasteiger partial charge in [-0.25, -0.2) is 9.18 Å². The molecule has 0 radical (unpaired) electrons. The van der Waals surface area contributed by atoms with Gasteiger partial charge in [0.2, 0.25) is 0 Å². The van der Waals surface area contributed by atoms with Crippen molar-refractivity contribution in [1.82, 2.24) is 5.32 Å². The van der Waals surface area contributed by atoms with Gasteiger partial charge < -0.3 is 15.7 Å². The smallest absolute Gasteiger partial charge is 0.387 e. The van der Waals surface area contributed by atoms with E-state index in [-0.39, 0.29) is 6.54 Å². The summed E-state index contributed by atoms with van der Waals surface area (Å²) in [5.74, 6) is -0.994. The molecule has 1 aromatic carbocycles. The number of urea groups is 1. The second kappa shape index (κ2) is 6.97. The first kappa shape index (κ1) is 17.2. The number of aliphatic hydroxyl groups is 1. The Balaban J connectivity index is 1.97. The number of amides is 2. The molecule has 0 bridgehead atoms. The van der Waals surface area contributed by atoms with Crippen molar-refractivity contribution < 1.29 is 27.5 Å². The molecule has 0 saturated carbocycles. The van der Waals surface area contributed by atoms with Gasteiger partial charge in [0, 0.05) is 6.54 Å². The Bertz CT molecular complexity index is 674. The molecule has 2 rings (SSSR count). The number of anilines is 1. The van der Waals surface area contributed by atoms with Crippen molar-refractivity contribution in [2.24, 2.45) is 0 Å². The molecule has 0 aliphatic heterocycles. The van der Waals surface area contributed by atoms with Crippen LogP contribution < -0.4 is 10.6 Å². The molecule has 9 heteroatoms. The van der Waals surface area contributed by atoms with Gasteiger partial charge in [0.15, 0.2) is 0 Å². The van der Waals surface area contributed by atoms with E-state index in [0.29, 0.717) is 23.8 Å². The zero-order chi connectivity index (χ0) is 17.0. The zero-order valence-corrected chi connectivity index (χ0v) is 12.3. The highest BCUT2D eigenvalue weighted by molar-refractivity contribution is 7.07. The van der Waals surface area contributed by atoms with E-state index >= 15 is 0 Å². The van der Waals surface area contributed by atoms with Crippen LogP contribution in [0.1, 0.15) is 17.2 Å². The fourth-order valence-electron chi connectivity index (χ4n) is 1.74. The van der Waals surface area contributed by atoms with Crippen molar-refractivity contribution >= 4 is 23.1 Å². The molecule has 2 amide bonds. The second-order valence-electron chi connectivity index (χ2n) is 4.60. The average molecular weight is 348 g/mol. The van der Waals surface area contributed by atoms with Crippen LogP contribution in [0.25, 0.3) is 0 Å². The Kier molecular flexibility index (Phi) is 5.22. The van der Waals surface area contributed by atoms with Crippen LogP contribution in [-0.2, 0) is 6.18 Å². The Morgan fingerprint density at radius 1 is 1.30 bits per heavy atom. The molecule has 4 nitrogen and oxygen atoms in total. The topological polar surface area (TPSA) is 61.4 Å². The maximum absolute atomic E-state index is 13.5. The molecule has 1 aromatic heterocycles. The van der Waals surface area contributed by atoms with Crippen LogP contribution in [-0.4, -0.2) is 17.7 Å². The van der Waals surface area contributed by atoms with E-state index < -0.39 is 35.4 Å². The minimum absolute atomic E-state index is 0.164. The Morgan fingerprint density at radius 2 is 2.04 bits per heavy atom. The summed E-state index contributed by atoms with van der Waals surface area (Å²) in [5, 5.41) is 17.5. The zero-order valence-electron chi connectivity index (χ0n) is 11.5. The predicted octanol–water partition coefficient (Wildman–Crippen LogP) is 3.76. The van der Waals surface area contributed by atoms with Crippen molar-refractivity contribution in [3.05, 3.63) is 52.0 Å². The van der Waals surface area contributed by atoms with Crippen molar-refractivity contribution in [2.75, 3.05) is 11.9 Å². The monoisotopic (exact) mass is 348 g/mol. The largest absolute Gasteiger partial charge is 0.416 e. The van der Waals surface area contributed by atoms with Gasteiger partial charge >= 0.3 is 12.2 Å². The van der Waals surface area contributed by atoms with Gasteiger partial charge in [0.05, 0.1) is 17.4 Å². The lowest BCUT2D eigenvalue weighted by atomic mass is 10.2. The number of thiophene rings is 1. The molecule has 0 aliphatic carbocycles. The van der Waals surface area contributed by atoms with Gasteiger partial charge in [-0.1, -0.05) is 0 Å². The Labute approximate surface area is 132 Å².